The summed E-state index contributed by atoms with van der Waals surface area (Å²) >= 11 is 1.77. The van der Waals surface area contributed by atoms with E-state index in [2.05, 4.69) is 10.2 Å². The van der Waals surface area contributed by atoms with Gasteiger partial charge in [0.2, 0.25) is 5.91 Å². The third-order valence-corrected chi connectivity index (χ3v) is 9.11. The number of carbonyl (C=O) groups is 2. The molecule has 2 fully saturated rings. The fraction of sp³-hybridized carbons (Fsp3) is 0.448. The van der Waals surface area contributed by atoms with Crippen molar-refractivity contribution in [3.8, 4) is 0 Å². The Morgan fingerprint density at radius 1 is 1.03 bits per heavy atom. The van der Waals surface area contributed by atoms with Crippen molar-refractivity contribution >= 4 is 34.3 Å². The molecule has 0 atom stereocenters. The summed E-state index contributed by atoms with van der Waals surface area (Å²) in [5.74, 6) is -0.851. The predicted molar refractivity (Wildman–Crippen MR) is 148 cm³/mol. The van der Waals surface area contributed by atoms with Crippen molar-refractivity contribution < 1.29 is 14.0 Å². The summed E-state index contributed by atoms with van der Waals surface area (Å²) in [4.78, 5) is 42.1. The number of thioether (sulfide) groups is 1. The van der Waals surface area contributed by atoms with Crippen LogP contribution in [0.4, 0.5) is 4.39 Å². The molecule has 0 spiro atoms. The average molecular weight is 537 g/mol. The minimum absolute atomic E-state index is 0.00752. The van der Waals surface area contributed by atoms with Gasteiger partial charge >= 0.3 is 0 Å². The second-order valence-electron chi connectivity index (χ2n) is 10.7. The third kappa shape index (κ3) is 5.48. The summed E-state index contributed by atoms with van der Waals surface area (Å²) < 4.78 is 14.3. The summed E-state index contributed by atoms with van der Waals surface area (Å²) in [6, 6.07) is 11.7. The van der Waals surface area contributed by atoms with Crippen molar-refractivity contribution in [2.75, 3.05) is 26.2 Å². The molecule has 2 aliphatic rings. The number of carbonyl (C=O) groups excluding carboxylic acids is 2. The van der Waals surface area contributed by atoms with Crippen molar-refractivity contribution in [1.29, 1.82) is 0 Å². The molecule has 200 valence electrons. The highest BCUT2D eigenvalue weighted by molar-refractivity contribution is 8.01. The fourth-order valence-electron chi connectivity index (χ4n) is 5.48. The van der Waals surface area contributed by atoms with Gasteiger partial charge in [0.05, 0.1) is 21.4 Å². The van der Waals surface area contributed by atoms with E-state index in [1.165, 1.54) is 31.7 Å². The Kier molecular flexibility index (Phi) is 7.56. The molecule has 2 heterocycles. The second kappa shape index (κ2) is 10.9. The number of aromatic amines is 1. The highest BCUT2D eigenvalue weighted by atomic mass is 32.2. The number of halogens is 1. The Morgan fingerprint density at radius 3 is 2.39 bits per heavy atom. The van der Waals surface area contributed by atoms with E-state index in [0.717, 1.165) is 10.9 Å². The van der Waals surface area contributed by atoms with E-state index < -0.39 is 10.6 Å². The first kappa shape index (κ1) is 26.4. The summed E-state index contributed by atoms with van der Waals surface area (Å²) in [5.41, 5.74) is 1.11. The quantitative estimate of drug-likeness (QED) is 0.505. The van der Waals surface area contributed by atoms with Crippen LogP contribution in [0.5, 0.6) is 0 Å². The molecule has 0 bridgehead atoms. The van der Waals surface area contributed by atoms with Gasteiger partial charge in [0.15, 0.2) is 0 Å². The van der Waals surface area contributed by atoms with E-state index in [4.69, 9.17) is 0 Å². The number of benzene rings is 2. The first-order valence-corrected chi connectivity index (χ1v) is 14.1. The van der Waals surface area contributed by atoms with Crippen LogP contribution in [0.15, 0.2) is 47.3 Å². The van der Waals surface area contributed by atoms with E-state index in [9.17, 15) is 18.8 Å². The molecule has 1 aliphatic heterocycles. The number of hydrogen-bond donors (Lipinski definition) is 1. The monoisotopic (exact) mass is 536 g/mol. The summed E-state index contributed by atoms with van der Waals surface area (Å²) in [6.45, 7) is 5.60. The number of nitrogens with one attached hydrogen (secondary N) is 1. The highest BCUT2D eigenvalue weighted by Crippen LogP contribution is 2.39. The highest BCUT2D eigenvalue weighted by Gasteiger charge is 2.37. The molecule has 1 saturated heterocycles. The Labute approximate surface area is 225 Å². The topological polar surface area (TPSA) is 86.4 Å². The van der Waals surface area contributed by atoms with Gasteiger partial charge in [-0.05, 0) is 50.5 Å². The van der Waals surface area contributed by atoms with Crippen molar-refractivity contribution in [2.45, 2.75) is 55.9 Å². The minimum atomic E-state index is -0.578. The van der Waals surface area contributed by atoms with E-state index >= 15 is 0 Å². The molecule has 3 aromatic rings. The van der Waals surface area contributed by atoms with E-state index in [0.29, 0.717) is 48.9 Å². The molecule has 0 unspecified atom stereocenters. The van der Waals surface area contributed by atoms with Gasteiger partial charge < -0.3 is 9.80 Å². The van der Waals surface area contributed by atoms with Crippen LogP contribution in [0.3, 0.4) is 0 Å². The van der Waals surface area contributed by atoms with Crippen LogP contribution < -0.4 is 5.56 Å². The number of amides is 2. The zero-order valence-electron chi connectivity index (χ0n) is 21.8. The van der Waals surface area contributed by atoms with Crippen LogP contribution >= 0.6 is 11.8 Å². The van der Waals surface area contributed by atoms with Crippen LogP contribution in [-0.2, 0) is 11.2 Å². The lowest BCUT2D eigenvalue weighted by atomic mass is 10.0. The van der Waals surface area contributed by atoms with Crippen LogP contribution in [0.25, 0.3) is 10.8 Å². The van der Waals surface area contributed by atoms with Crippen LogP contribution in [0.2, 0.25) is 0 Å². The summed E-state index contributed by atoms with van der Waals surface area (Å²) in [7, 11) is 0. The molecule has 1 aliphatic carbocycles. The number of rotatable bonds is 6. The summed E-state index contributed by atoms with van der Waals surface area (Å²) in [5, 5.41) is 8.52. The predicted octanol–water partition coefficient (Wildman–Crippen LogP) is 4.39. The van der Waals surface area contributed by atoms with Gasteiger partial charge in [0.1, 0.15) is 5.82 Å². The lowest BCUT2D eigenvalue weighted by molar-refractivity contribution is -0.134. The normalized spacial score (nSPS) is 16.8. The average Bonchev–Trinajstić information content (AvgIpc) is 3.43. The number of fused-ring (bicyclic) bond motifs is 1. The van der Waals surface area contributed by atoms with Gasteiger partial charge in [-0.15, -0.1) is 11.8 Å². The van der Waals surface area contributed by atoms with Crippen molar-refractivity contribution in [1.82, 2.24) is 20.0 Å². The Balaban J connectivity index is 1.26. The van der Waals surface area contributed by atoms with Gasteiger partial charge in [0.25, 0.3) is 11.5 Å². The van der Waals surface area contributed by atoms with Gasteiger partial charge in [-0.2, -0.15) is 5.10 Å². The molecule has 38 heavy (non-hydrogen) atoms. The molecular formula is C29H33FN4O3S. The standard InChI is InChI=1S/C29H33FN4O3S/c1-29(2,38-20-7-3-4-8-20)28(37)34-15-13-33(14-16-34)27(36)23-17-19(11-12-24(23)30)18-25-21-9-5-6-10-22(21)26(35)32-31-25/h5-6,9-12,17,20H,3-4,7-8,13-16,18H2,1-2H3,(H,32,35). The van der Waals surface area contributed by atoms with Crippen molar-refractivity contribution in [3.63, 3.8) is 0 Å². The Morgan fingerprint density at radius 2 is 1.68 bits per heavy atom. The maximum atomic E-state index is 14.8. The molecule has 5 rings (SSSR count). The zero-order valence-corrected chi connectivity index (χ0v) is 22.7. The van der Waals surface area contributed by atoms with E-state index in [-0.39, 0.29) is 22.9 Å². The van der Waals surface area contributed by atoms with Crippen LogP contribution in [0.1, 0.15) is 61.1 Å². The largest absolute Gasteiger partial charge is 0.338 e. The maximum absolute atomic E-state index is 14.8. The van der Waals surface area contributed by atoms with Gasteiger partial charge in [-0.25, -0.2) is 9.49 Å². The first-order valence-electron chi connectivity index (χ1n) is 13.2. The maximum Gasteiger partial charge on any atom is 0.272 e. The SMILES string of the molecule is CC(C)(SC1CCCC1)C(=O)N1CCN(C(=O)c2cc(Cc3n[nH]c(=O)c4ccccc34)ccc2F)CC1. The zero-order chi connectivity index (χ0) is 26.9. The smallest absolute Gasteiger partial charge is 0.272 e. The molecule has 1 saturated carbocycles. The minimum Gasteiger partial charge on any atom is -0.338 e. The van der Waals surface area contributed by atoms with Crippen molar-refractivity contribution in [2.24, 2.45) is 0 Å². The molecule has 1 N–H and O–H groups in total. The lowest BCUT2D eigenvalue weighted by Crippen LogP contribution is -2.54. The first-order chi connectivity index (χ1) is 18.2. The lowest BCUT2D eigenvalue weighted by Gasteiger charge is -2.39. The molecule has 1 aromatic heterocycles. The molecular weight excluding hydrogens is 503 g/mol. The second-order valence-corrected chi connectivity index (χ2v) is 12.6. The Bertz CT molecular complexity index is 1410. The summed E-state index contributed by atoms with van der Waals surface area (Å²) in [6.07, 6.45) is 5.15. The van der Waals surface area contributed by atoms with Gasteiger partial charge in [-0.1, -0.05) is 37.1 Å². The molecule has 2 aromatic carbocycles. The van der Waals surface area contributed by atoms with E-state index in [1.54, 1.807) is 40.9 Å². The third-order valence-electron chi connectivity index (χ3n) is 7.54. The van der Waals surface area contributed by atoms with Crippen LogP contribution in [0, 0.1) is 5.82 Å². The number of nitrogens with zero attached hydrogens (tertiary/aromatic N) is 3. The van der Waals surface area contributed by atoms with Crippen molar-refractivity contribution in [3.05, 3.63) is 75.5 Å². The molecule has 7 nitrogen and oxygen atoms in total. The molecule has 0 radical (unpaired) electrons. The number of hydrogen-bond acceptors (Lipinski definition) is 5. The number of piperazine rings is 1. The van der Waals surface area contributed by atoms with Gasteiger partial charge in [0, 0.05) is 43.2 Å². The number of H-pyrrole nitrogens is 1. The molecule has 9 heteroatoms. The number of aromatic nitrogens is 2. The fourth-order valence-corrected chi connectivity index (χ4v) is 7.12. The van der Waals surface area contributed by atoms with E-state index in [1.807, 2.05) is 30.9 Å². The van der Waals surface area contributed by atoms with Gasteiger partial charge in [-0.3, -0.25) is 14.4 Å². The Hall–Kier alpha value is -3.20. The molecule has 2 amide bonds. The van der Waals surface area contributed by atoms with Crippen LogP contribution in [-0.4, -0.2) is 68.0 Å².